The molecular formula is C28H17N3O. The lowest BCUT2D eigenvalue weighted by atomic mass is 10.0. The monoisotopic (exact) mass is 411 g/mol. The van der Waals surface area contributed by atoms with Crippen LogP contribution in [0.3, 0.4) is 0 Å². The molecule has 6 aromatic rings. The third kappa shape index (κ3) is 2.44. The van der Waals surface area contributed by atoms with Crippen LogP contribution in [0.4, 0.5) is 17.3 Å². The van der Waals surface area contributed by atoms with Crippen LogP contribution in [0.15, 0.2) is 103 Å². The molecule has 1 aromatic heterocycles. The van der Waals surface area contributed by atoms with E-state index in [0.29, 0.717) is 5.95 Å². The normalized spacial score (nSPS) is 12.6. The number of ether oxygens (including phenoxy) is 1. The van der Waals surface area contributed by atoms with Crippen molar-refractivity contribution in [1.82, 2.24) is 9.97 Å². The summed E-state index contributed by atoms with van der Waals surface area (Å²) in [6.07, 6.45) is 1.89. The van der Waals surface area contributed by atoms with E-state index in [-0.39, 0.29) is 0 Å². The Bertz CT molecular complexity index is 1670. The molecule has 0 fully saturated rings. The quantitative estimate of drug-likeness (QED) is 0.280. The van der Waals surface area contributed by atoms with Crippen LogP contribution in [-0.2, 0) is 0 Å². The Kier molecular flexibility index (Phi) is 3.52. The van der Waals surface area contributed by atoms with E-state index in [9.17, 15) is 0 Å². The SMILES string of the molecule is c1ccc2nc(N3c4ccc5ccccc5c4Oc4ccc5ccccc5c43)ncc2c1. The minimum absolute atomic E-state index is 0.626. The zero-order chi connectivity index (χ0) is 21.1. The van der Waals surface area contributed by atoms with Gasteiger partial charge in [-0.25, -0.2) is 9.97 Å². The van der Waals surface area contributed by atoms with E-state index < -0.39 is 0 Å². The highest BCUT2D eigenvalue weighted by molar-refractivity contribution is 6.06. The van der Waals surface area contributed by atoms with Gasteiger partial charge < -0.3 is 4.74 Å². The fourth-order valence-corrected chi connectivity index (χ4v) is 4.57. The van der Waals surface area contributed by atoms with Crippen molar-refractivity contribution in [2.24, 2.45) is 0 Å². The van der Waals surface area contributed by atoms with Gasteiger partial charge in [0.1, 0.15) is 0 Å². The van der Waals surface area contributed by atoms with Crippen molar-refractivity contribution in [2.45, 2.75) is 0 Å². The molecule has 0 unspecified atom stereocenters. The van der Waals surface area contributed by atoms with Crippen molar-refractivity contribution in [2.75, 3.05) is 4.90 Å². The topological polar surface area (TPSA) is 38.2 Å². The van der Waals surface area contributed by atoms with Gasteiger partial charge in [0, 0.05) is 22.4 Å². The Hall–Kier alpha value is -4.44. The van der Waals surface area contributed by atoms with Crippen LogP contribution in [0.2, 0.25) is 0 Å². The average molecular weight is 411 g/mol. The Labute approximate surface area is 184 Å². The Morgan fingerprint density at radius 3 is 2.19 bits per heavy atom. The molecule has 0 amide bonds. The summed E-state index contributed by atoms with van der Waals surface area (Å²) in [7, 11) is 0. The molecule has 4 heteroatoms. The molecule has 2 heterocycles. The van der Waals surface area contributed by atoms with Crippen LogP contribution in [-0.4, -0.2) is 9.97 Å². The largest absolute Gasteiger partial charge is 0.452 e. The molecule has 4 nitrogen and oxygen atoms in total. The van der Waals surface area contributed by atoms with E-state index in [4.69, 9.17) is 14.7 Å². The van der Waals surface area contributed by atoms with Gasteiger partial charge in [-0.05, 0) is 29.0 Å². The van der Waals surface area contributed by atoms with E-state index in [1.54, 1.807) is 0 Å². The summed E-state index contributed by atoms with van der Waals surface area (Å²) in [5.74, 6) is 2.24. The van der Waals surface area contributed by atoms with Crippen LogP contribution in [0.5, 0.6) is 11.5 Å². The minimum Gasteiger partial charge on any atom is -0.452 e. The number of rotatable bonds is 1. The van der Waals surface area contributed by atoms with Gasteiger partial charge in [-0.1, -0.05) is 78.9 Å². The lowest BCUT2D eigenvalue weighted by molar-refractivity contribution is 0.483. The van der Waals surface area contributed by atoms with Gasteiger partial charge in [-0.3, -0.25) is 4.90 Å². The first-order chi connectivity index (χ1) is 15.9. The zero-order valence-electron chi connectivity index (χ0n) is 17.1. The number of fused-ring (bicyclic) bond motifs is 7. The first-order valence-electron chi connectivity index (χ1n) is 10.6. The molecule has 0 saturated carbocycles. The summed E-state index contributed by atoms with van der Waals surface area (Å²) in [5.41, 5.74) is 2.80. The summed E-state index contributed by atoms with van der Waals surface area (Å²) >= 11 is 0. The molecule has 150 valence electrons. The van der Waals surface area contributed by atoms with Crippen molar-refractivity contribution >= 4 is 49.8 Å². The number of nitrogens with zero attached hydrogens (tertiary/aromatic N) is 3. The maximum absolute atomic E-state index is 6.54. The number of benzene rings is 5. The maximum atomic E-state index is 6.54. The average Bonchev–Trinajstić information content (AvgIpc) is 2.87. The number of anilines is 3. The fraction of sp³-hybridized carbons (Fsp3) is 0. The minimum atomic E-state index is 0.626. The lowest BCUT2D eigenvalue weighted by Crippen LogP contribution is -2.18. The third-order valence-corrected chi connectivity index (χ3v) is 6.08. The molecular weight excluding hydrogens is 394 g/mol. The van der Waals surface area contributed by atoms with Gasteiger partial charge >= 0.3 is 0 Å². The predicted molar refractivity (Wildman–Crippen MR) is 129 cm³/mol. The summed E-state index contributed by atoms with van der Waals surface area (Å²) in [6.45, 7) is 0. The van der Waals surface area contributed by atoms with E-state index in [0.717, 1.165) is 55.3 Å². The molecule has 5 aromatic carbocycles. The predicted octanol–water partition coefficient (Wildman–Crippen LogP) is 7.51. The van der Waals surface area contributed by atoms with Crippen LogP contribution < -0.4 is 9.64 Å². The molecule has 32 heavy (non-hydrogen) atoms. The first-order valence-corrected chi connectivity index (χ1v) is 10.6. The molecule has 0 bridgehead atoms. The highest BCUT2D eigenvalue weighted by Gasteiger charge is 2.30. The number of hydrogen-bond donors (Lipinski definition) is 0. The molecule has 0 aliphatic carbocycles. The molecule has 1 aliphatic heterocycles. The smallest absolute Gasteiger partial charge is 0.235 e. The summed E-state index contributed by atoms with van der Waals surface area (Å²) < 4.78 is 6.54. The van der Waals surface area contributed by atoms with Crippen LogP contribution in [0.1, 0.15) is 0 Å². The molecule has 1 aliphatic rings. The van der Waals surface area contributed by atoms with Crippen molar-refractivity contribution in [3.8, 4) is 11.5 Å². The zero-order valence-corrected chi connectivity index (χ0v) is 17.1. The van der Waals surface area contributed by atoms with Crippen molar-refractivity contribution in [3.63, 3.8) is 0 Å². The molecule has 0 atom stereocenters. The highest BCUT2D eigenvalue weighted by Crippen LogP contribution is 2.54. The van der Waals surface area contributed by atoms with Crippen molar-refractivity contribution in [3.05, 3.63) is 103 Å². The standard InChI is InChI=1S/C28H17N3O/c1-4-10-21-18(7-1)14-16-25-26(21)31(28-29-17-20-9-3-6-12-23(20)30-28)24-15-13-19-8-2-5-11-22(19)27(24)32-25/h1-17H. The number of para-hydroxylation sites is 1. The highest BCUT2D eigenvalue weighted by atomic mass is 16.5. The second kappa shape index (κ2) is 6.53. The Morgan fingerprint density at radius 2 is 1.31 bits per heavy atom. The maximum Gasteiger partial charge on any atom is 0.235 e. The molecule has 0 spiro atoms. The van der Waals surface area contributed by atoms with Crippen LogP contribution in [0.25, 0.3) is 32.4 Å². The number of hydrogen-bond acceptors (Lipinski definition) is 4. The van der Waals surface area contributed by atoms with E-state index >= 15 is 0 Å². The van der Waals surface area contributed by atoms with Crippen molar-refractivity contribution < 1.29 is 4.74 Å². The molecule has 0 radical (unpaired) electrons. The van der Waals surface area contributed by atoms with E-state index in [2.05, 4.69) is 59.5 Å². The van der Waals surface area contributed by atoms with E-state index in [1.807, 2.05) is 48.7 Å². The summed E-state index contributed by atoms with van der Waals surface area (Å²) in [4.78, 5) is 11.9. The van der Waals surface area contributed by atoms with Crippen LogP contribution >= 0.6 is 0 Å². The summed E-state index contributed by atoms with van der Waals surface area (Å²) in [6, 6.07) is 33.1. The second-order valence-electron chi connectivity index (χ2n) is 7.93. The second-order valence-corrected chi connectivity index (χ2v) is 7.93. The number of aromatic nitrogens is 2. The molecule has 0 saturated heterocycles. The van der Waals surface area contributed by atoms with Gasteiger partial charge in [0.2, 0.25) is 5.95 Å². The molecule has 0 N–H and O–H groups in total. The van der Waals surface area contributed by atoms with Gasteiger partial charge in [-0.2, -0.15) is 0 Å². The molecule has 7 rings (SSSR count). The van der Waals surface area contributed by atoms with Gasteiger partial charge in [-0.15, -0.1) is 0 Å². The fourth-order valence-electron chi connectivity index (χ4n) is 4.57. The lowest BCUT2D eigenvalue weighted by Gasteiger charge is -2.33. The van der Waals surface area contributed by atoms with Gasteiger partial charge in [0.25, 0.3) is 0 Å². The van der Waals surface area contributed by atoms with Crippen molar-refractivity contribution in [1.29, 1.82) is 0 Å². The first kappa shape index (κ1) is 17.3. The van der Waals surface area contributed by atoms with E-state index in [1.165, 1.54) is 0 Å². The Balaban J connectivity index is 1.59. The van der Waals surface area contributed by atoms with Crippen LogP contribution in [0, 0.1) is 0 Å². The third-order valence-electron chi connectivity index (χ3n) is 6.08. The van der Waals surface area contributed by atoms with Gasteiger partial charge in [0.05, 0.1) is 16.9 Å². The van der Waals surface area contributed by atoms with Gasteiger partial charge in [0.15, 0.2) is 11.5 Å². The Morgan fingerprint density at radius 1 is 0.625 bits per heavy atom. The summed E-state index contributed by atoms with van der Waals surface area (Å²) in [5, 5.41) is 5.45.